The largest absolute Gasteiger partial charge is 0.502 e. The van der Waals surface area contributed by atoms with E-state index in [0.717, 1.165) is 12.1 Å². The summed E-state index contributed by atoms with van der Waals surface area (Å²) in [4.78, 5) is -3.08. The highest BCUT2D eigenvalue weighted by Crippen LogP contribution is 2.34. The molecule has 14 heteroatoms. The fourth-order valence-corrected chi connectivity index (χ4v) is 4.11. The van der Waals surface area contributed by atoms with Gasteiger partial charge >= 0.3 is 0 Å². The quantitative estimate of drug-likeness (QED) is 0.381. The standard InChI is InChI=1S/C10H8N2O9S3/c11-12-7-1-2-8(23(16,17)18)6-3-5(22(13,14)15)4-9(10(6)7)24(19,20)21/h1-4,12H,(H,13,14,15)(H,16,17,18)(H,19,20,21). The van der Waals surface area contributed by atoms with Gasteiger partial charge in [-0.15, -0.1) is 0 Å². The minimum atomic E-state index is -5.11. The van der Waals surface area contributed by atoms with Gasteiger partial charge in [-0.1, -0.05) is 0 Å². The molecule has 0 radical (unpaired) electrons. The van der Waals surface area contributed by atoms with Crippen LogP contribution in [0, 0.1) is 0 Å². The zero-order chi connectivity index (χ0) is 18.5. The first kappa shape index (κ1) is 18.4. The van der Waals surface area contributed by atoms with Gasteiger partial charge in [-0.05, 0) is 18.2 Å². The normalized spacial score (nSPS) is 13.1. The van der Waals surface area contributed by atoms with Crippen molar-refractivity contribution in [2.24, 2.45) is 0 Å². The smallest absolute Gasteiger partial charge is 0.295 e. The second-order valence-corrected chi connectivity index (χ2v) is 8.69. The minimum absolute atomic E-state index is 0.363. The van der Waals surface area contributed by atoms with E-state index in [-0.39, 0.29) is 0 Å². The lowest BCUT2D eigenvalue weighted by atomic mass is 10.1. The molecule has 0 spiro atoms. The molecule has 0 aliphatic rings. The lowest BCUT2D eigenvalue weighted by Gasteiger charge is -2.10. The topological polar surface area (TPSA) is 199 Å². The molecular weight excluding hydrogens is 388 g/mol. The molecule has 0 unspecified atom stereocenters. The molecule has 11 nitrogen and oxygen atoms in total. The van der Waals surface area contributed by atoms with Crippen LogP contribution in [0.25, 0.3) is 16.3 Å². The van der Waals surface area contributed by atoms with Crippen LogP contribution in [-0.2, 0) is 30.4 Å². The third kappa shape index (κ3) is 3.28. The summed E-state index contributed by atoms with van der Waals surface area (Å²) in [5.41, 5.74) is 8.63. The van der Waals surface area contributed by atoms with Crippen molar-refractivity contribution in [3.05, 3.63) is 29.8 Å². The van der Waals surface area contributed by atoms with E-state index in [1.54, 1.807) is 5.11 Å². The van der Waals surface area contributed by atoms with Crippen LogP contribution < -0.4 is 5.11 Å². The van der Waals surface area contributed by atoms with Gasteiger partial charge in [0.2, 0.25) is 5.69 Å². The molecule has 24 heavy (non-hydrogen) atoms. The zero-order valence-electron chi connectivity index (χ0n) is 11.3. The summed E-state index contributed by atoms with van der Waals surface area (Å²) in [6.45, 7) is 0. The van der Waals surface area contributed by atoms with E-state index in [0.29, 0.717) is 12.1 Å². The van der Waals surface area contributed by atoms with Gasteiger partial charge in [-0.3, -0.25) is 18.8 Å². The van der Waals surface area contributed by atoms with Crippen molar-refractivity contribution < 1.29 is 44.0 Å². The second kappa shape index (κ2) is 5.54. The van der Waals surface area contributed by atoms with Crippen LogP contribution in [-0.4, -0.2) is 38.9 Å². The molecule has 0 fully saturated rings. The molecule has 0 saturated carbocycles. The first-order valence-electron chi connectivity index (χ1n) is 5.70. The third-order valence-corrected chi connectivity index (χ3v) is 5.61. The Morgan fingerprint density at radius 2 is 1.33 bits per heavy atom. The Balaban J connectivity index is 3.29. The van der Waals surface area contributed by atoms with Crippen LogP contribution in [0.3, 0.4) is 0 Å². The van der Waals surface area contributed by atoms with E-state index in [1.165, 1.54) is 0 Å². The Labute approximate surface area is 135 Å². The summed E-state index contributed by atoms with van der Waals surface area (Å²) < 4.78 is 96.0. The maximum atomic E-state index is 11.5. The summed E-state index contributed by atoms with van der Waals surface area (Å²) in [6, 6.07) is 2.54. The first-order chi connectivity index (χ1) is 10.8. The Bertz CT molecular complexity index is 1180. The Kier molecular flexibility index (Phi) is 4.24. The second-order valence-electron chi connectivity index (χ2n) is 4.49. The molecular formula is C10H8N2O9S3. The predicted molar refractivity (Wildman–Crippen MR) is 77.4 cm³/mol. The highest BCUT2D eigenvalue weighted by Gasteiger charge is 2.27. The third-order valence-electron chi connectivity index (χ3n) is 2.99. The molecule has 0 saturated heterocycles. The monoisotopic (exact) mass is 396 g/mol. The number of nitrogens with zero attached hydrogens (tertiary/aromatic N) is 1. The van der Waals surface area contributed by atoms with E-state index < -0.39 is 61.5 Å². The number of rotatable bonds is 4. The van der Waals surface area contributed by atoms with Crippen molar-refractivity contribution in [1.82, 2.24) is 0 Å². The van der Waals surface area contributed by atoms with Crippen molar-refractivity contribution in [2.45, 2.75) is 14.7 Å². The van der Waals surface area contributed by atoms with Crippen molar-refractivity contribution in [3.8, 4) is 0 Å². The predicted octanol–water partition coefficient (Wildman–Crippen LogP) is -0.686. The Morgan fingerprint density at radius 1 is 0.792 bits per heavy atom. The van der Waals surface area contributed by atoms with E-state index in [1.807, 2.05) is 0 Å². The molecule has 0 aliphatic carbocycles. The van der Waals surface area contributed by atoms with Gasteiger partial charge in [0.05, 0.1) is 10.3 Å². The summed E-state index contributed by atoms with van der Waals surface area (Å²) in [6.07, 6.45) is 0. The average molecular weight is 396 g/mol. The molecule has 0 aliphatic heterocycles. The lowest BCUT2D eigenvalue weighted by Crippen LogP contribution is -2.54. The van der Waals surface area contributed by atoms with Crippen molar-refractivity contribution >= 4 is 46.8 Å². The van der Waals surface area contributed by atoms with E-state index >= 15 is 0 Å². The number of fused-ring (bicyclic) bond motifs is 1. The average Bonchev–Trinajstić information content (AvgIpc) is 2.41. The SMILES string of the molecule is [N-]=[NH+]c1ccc(S(=O)(=O)O)c2cc(S(=O)(=O)O)cc(S(=O)(=O)O)c12. The van der Waals surface area contributed by atoms with Gasteiger partial charge < -0.3 is 5.53 Å². The van der Waals surface area contributed by atoms with E-state index in [4.69, 9.17) is 10.1 Å². The van der Waals surface area contributed by atoms with Crippen LogP contribution in [0.5, 0.6) is 0 Å². The van der Waals surface area contributed by atoms with Crippen LogP contribution >= 0.6 is 0 Å². The maximum absolute atomic E-state index is 11.5. The molecule has 0 aromatic heterocycles. The van der Waals surface area contributed by atoms with E-state index in [9.17, 15) is 34.4 Å². The molecule has 0 heterocycles. The zero-order valence-corrected chi connectivity index (χ0v) is 13.7. The van der Waals surface area contributed by atoms with Crippen LogP contribution in [0.15, 0.2) is 39.0 Å². The van der Waals surface area contributed by atoms with Gasteiger partial charge in [0, 0.05) is 11.5 Å². The van der Waals surface area contributed by atoms with Crippen molar-refractivity contribution in [1.29, 1.82) is 0 Å². The Morgan fingerprint density at radius 3 is 1.75 bits per heavy atom. The maximum Gasteiger partial charge on any atom is 0.295 e. The molecule has 0 bridgehead atoms. The van der Waals surface area contributed by atoms with E-state index in [2.05, 4.69) is 0 Å². The van der Waals surface area contributed by atoms with Gasteiger partial charge in [-0.2, -0.15) is 25.3 Å². The summed E-state index contributed by atoms with van der Waals surface area (Å²) >= 11 is 0. The van der Waals surface area contributed by atoms with Gasteiger partial charge in [-0.25, -0.2) is 0 Å². The highest BCUT2D eigenvalue weighted by atomic mass is 32.2. The van der Waals surface area contributed by atoms with Gasteiger partial charge in [0.25, 0.3) is 30.4 Å². The summed E-state index contributed by atoms with van der Waals surface area (Å²) in [5, 5.41) is 0.252. The highest BCUT2D eigenvalue weighted by molar-refractivity contribution is 7.87. The fraction of sp³-hybridized carbons (Fsp3) is 0. The number of nitrogens with one attached hydrogen (secondary N) is 1. The molecule has 0 amide bonds. The van der Waals surface area contributed by atoms with Gasteiger partial charge in [0.1, 0.15) is 9.79 Å². The van der Waals surface area contributed by atoms with Crippen LogP contribution in [0.4, 0.5) is 5.69 Å². The van der Waals surface area contributed by atoms with Crippen LogP contribution in [0.2, 0.25) is 0 Å². The molecule has 130 valence electrons. The lowest BCUT2D eigenvalue weighted by molar-refractivity contribution is -0.377. The van der Waals surface area contributed by atoms with Crippen molar-refractivity contribution in [3.63, 3.8) is 0 Å². The number of hydrogen-bond acceptors (Lipinski definition) is 6. The van der Waals surface area contributed by atoms with Gasteiger partial charge in [0.15, 0.2) is 0 Å². The Hall–Kier alpha value is -1.97. The fourth-order valence-electron chi connectivity index (χ4n) is 2.06. The first-order valence-corrected chi connectivity index (χ1v) is 10.0. The molecule has 4 N–H and O–H groups in total. The van der Waals surface area contributed by atoms with Crippen LogP contribution in [0.1, 0.15) is 0 Å². The summed E-state index contributed by atoms with van der Waals surface area (Å²) in [7, 11) is -15.0. The molecule has 2 rings (SSSR count). The number of hydrogen-bond donors (Lipinski definition) is 4. The summed E-state index contributed by atoms with van der Waals surface area (Å²) in [5.74, 6) is 0. The molecule has 2 aromatic rings. The molecule has 0 atom stereocenters. The number of benzene rings is 2. The molecule has 2 aromatic carbocycles. The minimum Gasteiger partial charge on any atom is -0.502 e. The van der Waals surface area contributed by atoms with Crippen molar-refractivity contribution in [2.75, 3.05) is 0 Å².